The van der Waals surface area contributed by atoms with Crippen LogP contribution in [0, 0.1) is 0 Å². The van der Waals surface area contributed by atoms with Crippen molar-refractivity contribution in [2.45, 2.75) is 25.0 Å². The largest absolute Gasteiger partial charge is 0.508 e. The number of thioether (sulfide) groups is 1. The predicted molar refractivity (Wildman–Crippen MR) is 75.6 cm³/mol. The molecule has 0 radical (unpaired) electrons. The molecule has 1 aromatic heterocycles. The molecule has 0 saturated carbocycles. The summed E-state index contributed by atoms with van der Waals surface area (Å²) in [5, 5.41) is 18.0. The molecule has 0 spiro atoms. The molecular weight excluding hydrogens is 264 g/mol. The van der Waals surface area contributed by atoms with E-state index in [1.807, 2.05) is 6.92 Å². The molecular formula is C13H16N2O3S. The van der Waals surface area contributed by atoms with Crippen molar-refractivity contribution in [3.8, 4) is 5.75 Å². The van der Waals surface area contributed by atoms with Crippen LogP contribution in [0.15, 0.2) is 18.2 Å². The van der Waals surface area contributed by atoms with Crippen LogP contribution in [0.1, 0.15) is 19.2 Å². The Labute approximate surface area is 115 Å². The van der Waals surface area contributed by atoms with E-state index in [1.165, 1.54) is 11.8 Å². The monoisotopic (exact) mass is 280 g/mol. The second-order valence-corrected chi connectivity index (χ2v) is 5.55. The Hall–Kier alpha value is -1.69. The summed E-state index contributed by atoms with van der Waals surface area (Å²) in [7, 11) is 0. The Morgan fingerprint density at radius 2 is 2.32 bits per heavy atom. The summed E-state index contributed by atoms with van der Waals surface area (Å²) < 4.78 is 0. The van der Waals surface area contributed by atoms with Crippen molar-refractivity contribution in [2.24, 2.45) is 0 Å². The molecule has 6 heteroatoms. The van der Waals surface area contributed by atoms with Gasteiger partial charge in [0.2, 0.25) is 0 Å². The number of carboxylic acids is 1. The maximum absolute atomic E-state index is 10.9. The summed E-state index contributed by atoms with van der Waals surface area (Å²) in [6.45, 7) is 1.87. The van der Waals surface area contributed by atoms with Crippen LogP contribution < -0.4 is 0 Å². The number of aromatic amines is 1. The number of aromatic hydroxyl groups is 1. The first-order valence-corrected chi connectivity index (χ1v) is 7.17. The van der Waals surface area contributed by atoms with Gasteiger partial charge in [0.15, 0.2) is 0 Å². The average Bonchev–Trinajstić information content (AvgIpc) is 2.75. The first kappa shape index (κ1) is 13.7. The molecule has 102 valence electrons. The number of carbonyl (C=O) groups is 1. The van der Waals surface area contributed by atoms with Crippen molar-refractivity contribution >= 4 is 28.8 Å². The first-order valence-electron chi connectivity index (χ1n) is 6.12. The van der Waals surface area contributed by atoms with Gasteiger partial charge < -0.3 is 15.2 Å². The summed E-state index contributed by atoms with van der Waals surface area (Å²) in [5.74, 6) is 0.959. The molecule has 5 nitrogen and oxygen atoms in total. The molecule has 1 aromatic carbocycles. The molecule has 0 fully saturated rings. The molecule has 0 saturated heterocycles. The lowest BCUT2D eigenvalue weighted by atomic mass is 10.3. The molecule has 0 amide bonds. The number of benzene rings is 1. The number of carboxylic acid groups (broad SMARTS) is 1. The van der Waals surface area contributed by atoms with Gasteiger partial charge in [-0.25, -0.2) is 4.98 Å². The Bertz CT molecular complexity index is 582. The smallest absolute Gasteiger partial charge is 0.316 e. The van der Waals surface area contributed by atoms with Crippen LogP contribution in [0.3, 0.4) is 0 Å². The van der Waals surface area contributed by atoms with E-state index in [9.17, 15) is 9.90 Å². The highest BCUT2D eigenvalue weighted by Crippen LogP contribution is 2.20. The number of aryl methyl sites for hydroxylation is 1. The summed E-state index contributed by atoms with van der Waals surface area (Å²) in [6.07, 6.45) is 1.30. The number of aliphatic carboxylic acids is 1. The van der Waals surface area contributed by atoms with Crippen LogP contribution in [0.5, 0.6) is 5.75 Å². The number of imidazole rings is 1. The van der Waals surface area contributed by atoms with Gasteiger partial charge in [-0.3, -0.25) is 4.79 Å². The molecule has 1 heterocycles. The maximum Gasteiger partial charge on any atom is 0.316 e. The van der Waals surface area contributed by atoms with E-state index in [4.69, 9.17) is 5.11 Å². The normalized spacial score (nSPS) is 12.7. The minimum Gasteiger partial charge on any atom is -0.508 e. The van der Waals surface area contributed by atoms with Gasteiger partial charge in [-0.05, 0) is 18.6 Å². The predicted octanol–water partition coefficient (Wildman–Crippen LogP) is 2.41. The van der Waals surface area contributed by atoms with Crippen molar-refractivity contribution in [3.63, 3.8) is 0 Å². The van der Waals surface area contributed by atoms with Crippen LogP contribution in [0.4, 0.5) is 0 Å². The van der Waals surface area contributed by atoms with Crippen LogP contribution in [0.25, 0.3) is 11.0 Å². The van der Waals surface area contributed by atoms with E-state index >= 15 is 0 Å². The zero-order chi connectivity index (χ0) is 13.8. The van der Waals surface area contributed by atoms with E-state index in [0.717, 1.165) is 16.9 Å². The number of rotatable bonds is 6. The van der Waals surface area contributed by atoms with E-state index in [1.54, 1.807) is 18.2 Å². The average molecular weight is 280 g/mol. The molecule has 0 aliphatic rings. The molecule has 1 atom stereocenters. The topological polar surface area (TPSA) is 86.2 Å². The van der Waals surface area contributed by atoms with E-state index < -0.39 is 5.97 Å². The number of aromatic nitrogens is 2. The minimum atomic E-state index is -0.762. The summed E-state index contributed by atoms with van der Waals surface area (Å²) in [6, 6.07) is 4.98. The van der Waals surface area contributed by atoms with Gasteiger partial charge in [-0.1, -0.05) is 6.92 Å². The van der Waals surface area contributed by atoms with Gasteiger partial charge in [-0.15, -0.1) is 11.8 Å². The fourth-order valence-corrected chi connectivity index (χ4v) is 2.80. The second-order valence-electron chi connectivity index (χ2n) is 4.24. The summed E-state index contributed by atoms with van der Waals surface area (Å²) in [5.41, 5.74) is 1.60. The maximum atomic E-state index is 10.9. The number of fused-ring (bicyclic) bond motifs is 1. The lowest BCUT2D eigenvalue weighted by Crippen LogP contribution is -2.15. The third-order valence-electron chi connectivity index (χ3n) is 2.82. The Morgan fingerprint density at radius 1 is 1.53 bits per heavy atom. The van der Waals surface area contributed by atoms with Crippen LogP contribution in [-0.2, 0) is 11.2 Å². The molecule has 0 bridgehead atoms. The van der Waals surface area contributed by atoms with E-state index in [-0.39, 0.29) is 11.0 Å². The van der Waals surface area contributed by atoms with Gasteiger partial charge in [0.05, 0.1) is 11.0 Å². The van der Waals surface area contributed by atoms with Crippen molar-refractivity contribution in [3.05, 3.63) is 24.0 Å². The SMILES string of the molecule is CCC(SCCc1nc2ccc(O)cc2[nH]1)C(=O)O. The molecule has 0 aliphatic heterocycles. The third-order valence-corrected chi connectivity index (χ3v) is 4.20. The fraction of sp³-hybridized carbons (Fsp3) is 0.385. The van der Waals surface area contributed by atoms with Crippen molar-refractivity contribution in [2.75, 3.05) is 5.75 Å². The van der Waals surface area contributed by atoms with Crippen LogP contribution in [0.2, 0.25) is 0 Å². The van der Waals surface area contributed by atoms with Gasteiger partial charge in [0.1, 0.15) is 16.8 Å². The standard InChI is InChI=1S/C13H16N2O3S/c1-2-11(13(17)18)19-6-5-12-14-9-4-3-8(16)7-10(9)15-12/h3-4,7,11,16H,2,5-6H2,1H3,(H,14,15)(H,17,18). The fourth-order valence-electron chi connectivity index (χ4n) is 1.83. The van der Waals surface area contributed by atoms with Gasteiger partial charge >= 0.3 is 5.97 Å². The van der Waals surface area contributed by atoms with E-state index in [0.29, 0.717) is 18.6 Å². The van der Waals surface area contributed by atoms with Crippen LogP contribution in [-0.4, -0.2) is 37.2 Å². The molecule has 0 aliphatic carbocycles. The van der Waals surface area contributed by atoms with Crippen molar-refractivity contribution in [1.82, 2.24) is 9.97 Å². The number of H-pyrrole nitrogens is 1. The first-order chi connectivity index (χ1) is 9.10. The highest BCUT2D eigenvalue weighted by atomic mass is 32.2. The van der Waals surface area contributed by atoms with Gasteiger partial charge in [0.25, 0.3) is 0 Å². The Morgan fingerprint density at radius 3 is 3.00 bits per heavy atom. The minimum absolute atomic E-state index is 0.203. The Kier molecular flexibility index (Phi) is 4.31. The van der Waals surface area contributed by atoms with Gasteiger partial charge in [-0.2, -0.15) is 0 Å². The third kappa shape index (κ3) is 3.41. The molecule has 3 N–H and O–H groups in total. The second kappa shape index (κ2) is 5.97. The van der Waals surface area contributed by atoms with Crippen molar-refractivity contribution in [1.29, 1.82) is 0 Å². The number of hydrogen-bond acceptors (Lipinski definition) is 4. The van der Waals surface area contributed by atoms with Crippen molar-refractivity contribution < 1.29 is 15.0 Å². The van der Waals surface area contributed by atoms with Crippen LogP contribution >= 0.6 is 11.8 Å². The number of nitrogens with one attached hydrogen (secondary N) is 1. The lowest BCUT2D eigenvalue weighted by Gasteiger charge is -2.07. The highest BCUT2D eigenvalue weighted by molar-refractivity contribution is 8.00. The molecule has 2 rings (SSSR count). The summed E-state index contributed by atoms with van der Waals surface area (Å²) in [4.78, 5) is 18.4. The highest BCUT2D eigenvalue weighted by Gasteiger charge is 2.15. The summed E-state index contributed by atoms with van der Waals surface area (Å²) >= 11 is 1.43. The molecule has 2 aromatic rings. The lowest BCUT2D eigenvalue weighted by molar-refractivity contribution is -0.136. The number of phenolic OH excluding ortho intramolecular Hbond substituents is 1. The number of phenols is 1. The molecule has 1 unspecified atom stereocenters. The zero-order valence-electron chi connectivity index (χ0n) is 10.6. The zero-order valence-corrected chi connectivity index (χ0v) is 11.4. The van der Waals surface area contributed by atoms with Gasteiger partial charge in [0, 0.05) is 18.2 Å². The molecule has 19 heavy (non-hydrogen) atoms. The number of hydrogen-bond donors (Lipinski definition) is 3. The quantitative estimate of drug-likeness (QED) is 0.756. The van der Waals surface area contributed by atoms with E-state index in [2.05, 4.69) is 9.97 Å². The Balaban J connectivity index is 1.96. The number of nitrogens with zero attached hydrogens (tertiary/aromatic N) is 1.